The highest BCUT2D eigenvalue weighted by atomic mass is 16.6. The van der Waals surface area contributed by atoms with Crippen molar-refractivity contribution in [1.29, 1.82) is 0 Å². The molecule has 0 saturated carbocycles. The van der Waals surface area contributed by atoms with Crippen LogP contribution in [0.25, 0.3) is 0 Å². The molecule has 22 heavy (non-hydrogen) atoms. The molecule has 1 saturated heterocycles. The van der Waals surface area contributed by atoms with Crippen molar-refractivity contribution in [3.05, 3.63) is 23.8 Å². The van der Waals surface area contributed by atoms with Gasteiger partial charge in [-0.15, -0.1) is 0 Å². The lowest BCUT2D eigenvalue weighted by molar-refractivity contribution is -0.665. The predicted octanol–water partition coefficient (Wildman–Crippen LogP) is 1.61. The lowest BCUT2D eigenvalue weighted by atomic mass is 9.83. The molecule has 0 unspecified atom stereocenters. The third-order valence-corrected chi connectivity index (χ3v) is 4.36. The molecule has 1 aromatic rings. The second-order valence-electron chi connectivity index (χ2n) is 6.23. The number of ether oxygens (including phenoxy) is 3. The highest BCUT2D eigenvalue weighted by molar-refractivity contribution is 5.90. The van der Waals surface area contributed by atoms with Crippen molar-refractivity contribution < 1.29 is 24.3 Å². The van der Waals surface area contributed by atoms with Crippen LogP contribution < -0.4 is 14.8 Å². The molecule has 0 bridgehead atoms. The maximum absolute atomic E-state index is 12.5. The maximum Gasteiger partial charge on any atom is 0.338 e. The summed E-state index contributed by atoms with van der Waals surface area (Å²) in [6, 6.07) is 5.09. The van der Waals surface area contributed by atoms with E-state index in [2.05, 4.69) is 5.32 Å². The van der Waals surface area contributed by atoms with Crippen LogP contribution in [0.5, 0.6) is 11.5 Å². The largest absolute Gasteiger partial charge is 0.497 e. The number of hydrogen-bond acceptors (Lipinski definition) is 4. The minimum Gasteiger partial charge on any atom is -0.497 e. The van der Waals surface area contributed by atoms with Crippen molar-refractivity contribution in [2.24, 2.45) is 5.92 Å². The first-order valence-electron chi connectivity index (χ1n) is 7.74. The average Bonchev–Trinajstić information content (AvgIpc) is 2.54. The Hall–Kier alpha value is -1.75. The molecule has 0 atom stereocenters. The first-order chi connectivity index (χ1) is 10.5. The van der Waals surface area contributed by atoms with Gasteiger partial charge in [-0.05, 0) is 26.0 Å². The topological polar surface area (TPSA) is 61.4 Å². The molecule has 0 spiro atoms. The van der Waals surface area contributed by atoms with E-state index in [0.717, 1.165) is 25.9 Å². The van der Waals surface area contributed by atoms with Crippen molar-refractivity contribution in [1.82, 2.24) is 0 Å². The monoisotopic (exact) mass is 308 g/mol. The van der Waals surface area contributed by atoms with Gasteiger partial charge in [0, 0.05) is 24.8 Å². The predicted molar refractivity (Wildman–Crippen MR) is 83.4 cm³/mol. The number of quaternary nitrogens is 1. The third-order valence-electron chi connectivity index (χ3n) is 4.36. The molecule has 0 aliphatic carbocycles. The molecule has 1 aromatic carbocycles. The van der Waals surface area contributed by atoms with Crippen molar-refractivity contribution in [3.63, 3.8) is 0 Å². The fourth-order valence-corrected chi connectivity index (χ4v) is 2.93. The summed E-state index contributed by atoms with van der Waals surface area (Å²) in [7, 11) is 3.12. The van der Waals surface area contributed by atoms with Gasteiger partial charge in [0.15, 0.2) is 0 Å². The third kappa shape index (κ3) is 3.91. The SMILES string of the molecule is COc1cc(OC)cc(C(=O)OC(C)(C)C2CC[NH2+]CC2)c1. The Bertz CT molecular complexity index is 499. The molecular weight excluding hydrogens is 282 g/mol. The zero-order valence-corrected chi connectivity index (χ0v) is 13.8. The number of rotatable bonds is 5. The second-order valence-corrected chi connectivity index (χ2v) is 6.23. The first kappa shape index (κ1) is 16.6. The van der Waals surface area contributed by atoms with E-state index in [0.29, 0.717) is 23.0 Å². The Kier molecular flexibility index (Phi) is 5.29. The van der Waals surface area contributed by atoms with Gasteiger partial charge in [-0.3, -0.25) is 0 Å². The van der Waals surface area contributed by atoms with Gasteiger partial charge in [0.1, 0.15) is 17.1 Å². The van der Waals surface area contributed by atoms with E-state index in [-0.39, 0.29) is 5.97 Å². The van der Waals surface area contributed by atoms with Crippen molar-refractivity contribution >= 4 is 5.97 Å². The average molecular weight is 308 g/mol. The molecule has 0 amide bonds. The van der Waals surface area contributed by atoms with Gasteiger partial charge in [-0.1, -0.05) is 0 Å². The minimum atomic E-state index is -0.471. The lowest BCUT2D eigenvalue weighted by Crippen LogP contribution is -2.86. The molecule has 5 heteroatoms. The van der Waals surface area contributed by atoms with Crippen LogP contribution in [0.4, 0.5) is 0 Å². The van der Waals surface area contributed by atoms with Gasteiger partial charge >= 0.3 is 5.97 Å². The van der Waals surface area contributed by atoms with E-state index in [1.54, 1.807) is 32.4 Å². The van der Waals surface area contributed by atoms with Crippen LogP contribution in [-0.4, -0.2) is 38.9 Å². The van der Waals surface area contributed by atoms with Gasteiger partial charge in [0.25, 0.3) is 0 Å². The summed E-state index contributed by atoms with van der Waals surface area (Å²) < 4.78 is 16.2. The molecule has 1 heterocycles. The van der Waals surface area contributed by atoms with Crippen molar-refractivity contribution in [3.8, 4) is 11.5 Å². The summed E-state index contributed by atoms with van der Waals surface area (Å²) in [5.41, 5.74) is -0.0200. The highest BCUT2D eigenvalue weighted by Gasteiger charge is 2.35. The maximum atomic E-state index is 12.5. The van der Waals surface area contributed by atoms with Crippen LogP contribution in [0.15, 0.2) is 18.2 Å². The smallest absolute Gasteiger partial charge is 0.338 e. The summed E-state index contributed by atoms with van der Waals surface area (Å²) in [6.07, 6.45) is 2.14. The van der Waals surface area contributed by atoms with E-state index in [9.17, 15) is 4.79 Å². The van der Waals surface area contributed by atoms with Crippen LogP contribution in [-0.2, 0) is 4.74 Å². The van der Waals surface area contributed by atoms with E-state index in [4.69, 9.17) is 14.2 Å². The fraction of sp³-hybridized carbons (Fsp3) is 0.588. The van der Waals surface area contributed by atoms with Crippen molar-refractivity contribution in [2.75, 3.05) is 27.3 Å². The molecule has 2 N–H and O–H groups in total. The zero-order valence-electron chi connectivity index (χ0n) is 13.8. The summed E-state index contributed by atoms with van der Waals surface area (Å²) in [5.74, 6) is 1.22. The molecule has 5 nitrogen and oxygen atoms in total. The normalized spacial score (nSPS) is 16.2. The number of hydrogen-bond donors (Lipinski definition) is 1. The van der Waals surface area contributed by atoms with Crippen molar-refractivity contribution in [2.45, 2.75) is 32.3 Å². The van der Waals surface area contributed by atoms with Crippen LogP contribution >= 0.6 is 0 Å². The Labute approximate surface area is 131 Å². The number of carbonyl (C=O) groups excluding carboxylic acids is 1. The Morgan fingerprint density at radius 2 is 1.64 bits per heavy atom. The molecule has 1 aliphatic heterocycles. The summed E-state index contributed by atoms with van der Waals surface area (Å²) in [5, 5.41) is 2.31. The lowest BCUT2D eigenvalue weighted by Gasteiger charge is -2.35. The number of benzene rings is 1. The Morgan fingerprint density at radius 3 is 2.14 bits per heavy atom. The minimum absolute atomic E-state index is 0.336. The number of carbonyl (C=O) groups is 1. The first-order valence-corrected chi connectivity index (χ1v) is 7.74. The molecule has 0 radical (unpaired) electrons. The molecule has 1 fully saturated rings. The van der Waals surface area contributed by atoms with Gasteiger partial charge < -0.3 is 19.5 Å². The number of nitrogens with two attached hydrogens (primary N) is 1. The van der Waals surface area contributed by atoms with Crippen LogP contribution in [0.1, 0.15) is 37.0 Å². The van der Waals surface area contributed by atoms with Crippen LogP contribution in [0.2, 0.25) is 0 Å². The van der Waals surface area contributed by atoms with Crippen LogP contribution in [0.3, 0.4) is 0 Å². The van der Waals surface area contributed by atoms with E-state index >= 15 is 0 Å². The Morgan fingerprint density at radius 1 is 1.09 bits per heavy atom. The second kappa shape index (κ2) is 7.01. The standard InChI is InChI=1S/C17H25NO4/c1-17(2,13-5-7-18-8-6-13)22-16(19)12-9-14(20-3)11-15(10-12)21-4/h9-11,13,18H,5-8H2,1-4H3/p+1. The molecular formula is C17H26NO4+. The summed E-state index contributed by atoms with van der Waals surface area (Å²) in [4.78, 5) is 12.5. The fourth-order valence-electron chi connectivity index (χ4n) is 2.93. The van der Waals surface area contributed by atoms with Gasteiger partial charge in [0.05, 0.1) is 32.9 Å². The van der Waals surface area contributed by atoms with E-state index < -0.39 is 5.60 Å². The summed E-state index contributed by atoms with van der Waals surface area (Å²) >= 11 is 0. The summed E-state index contributed by atoms with van der Waals surface area (Å²) in [6.45, 7) is 6.19. The van der Waals surface area contributed by atoms with E-state index in [1.165, 1.54) is 0 Å². The van der Waals surface area contributed by atoms with Crippen LogP contribution in [0, 0.1) is 5.92 Å². The molecule has 122 valence electrons. The molecule has 0 aromatic heterocycles. The number of methoxy groups -OCH3 is 2. The quantitative estimate of drug-likeness (QED) is 0.840. The van der Waals surface area contributed by atoms with Gasteiger partial charge in [-0.25, -0.2) is 4.79 Å². The van der Waals surface area contributed by atoms with Gasteiger partial charge in [0.2, 0.25) is 0 Å². The van der Waals surface area contributed by atoms with Gasteiger partial charge in [-0.2, -0.15) is 0 Å². The van der Waals surface area contributed by atoms with E-state index in [1.807, 2.05) is 13.8 Å². The number of piperidine rings is 1. The highest BCUT2D eigenvalue weighted by Crippen LogP contribution is 2.30. The Balaban J connectivity index is 2.13. The molecule has 2 rings (SSSR count). The zero-order chi connectivity index (χ0) is 16.2. The number of esters is 1. The molecule has 1 aliphatic rings.